The van der Waals surface area contributed by atoms with Gasteiger partial charge in [0.05, 0.1) is 12.7 Å². The number of carbonyl (C=O) groups is 1. The molecule has 1 atom stereocenters. The topological polar surface area (TPSA) is 62.7 Å². The fraction of sp³-hybridized carbons (Fsp3) is 0.500. The van der Waals surface area contributed by atoms with Gasteiger partial charge in [-0.05, 0) is 28.4 Å². The quantitative estimate of drug-likeness (QED) is 0.926. The predicted molar refractivity (Wildman–Crippen MR) is 71.1 cm³/mol. The summed E-state index contributed by atoms with van der Waals surface area (Å²) in [5, 5.41) is 9.23. The predicted octanol–water partition coefficient (Wildman–Crippen LogP) is 2.16. The summed E-state index contributed by atoms with van der Waals surface area (Å²) < 4.78 is 6.25. The van der Waals surface area contributed by atoms with Crippen LogP contribution in [0.3, 0.4) is 0 Å². The van der Waals surface area contributed by atoms with Gasteiger partial charge in [0.25, 0.3) is 0 Å². The molecule has 6 heteroatoms. The summed E-state index contributed by atoms with van der Waals surface area (Å²) in [6.45, 7) is 4.02. The summed E-state index contributed by atoms with van der Waals surface area (Å²) in [6, 6.07) is 1.58. The number of halogens is 1. The highest BCUT2D eigenvalue weighted by Crippen LogP contribution is 2.24. The van der Waals surface area contributed by atoms with Gasteiger partial charge in [-0.1, -0.05) is 6.92 Å². The molecule has 2 heterocycles. The summed E-state index contributed by atoms with van der Waals surface area (Å²) in [6.07, 6.45) is 2.68. The van der Waals surface area contributed by atoms with Gasteiger partial charge >= 0.3 is 5.97 Å². The number of aromatic nitrogens is 1. The monoisotopic (exact) mass is 314 g/mol. The molecule has 1 aromatic heterocycles. The minimum Gasteiger partial charge on any atom is -0.478 e. The Labute approximate surface area is 114 Å². The van der Waals surface area contributed by atoms with E-state index in [-0.39, 0.29) is 11.7 Å². The summed E-state index contributed by atoms with van der Waals surface area (Å²) in [7, 11) is 0. The number of hydrogen-bond donors (Lipinski definition) is 1. The van der Waals surface area contributed by atoms with E-state index in [0.29, 0.717) is 30.0 Å². The lowest BCUT2D eigenvalue weighted by molar-refractivity contribution is 0.0379. The molecule has 0 aromatic carbocycles. The highest BCUT2D eigenvalue weighted by atomic mass is 79.9. The molecule has 1 N–H and O–H groups in total. The largest absolute Gasteiger partial charge is 0.478 e. The zero-order chi connectivity index (χ0) is 13.1. The van der Waals surface area contributed by atoms with Gasteiger partial charge < -0.3 is 14.7 Å². The third kappa shape index (κ3) is 2.81. The van der Waals surface area contributed by atoms with Crippen LogP contribution in [0.25, 0.3) is 0 Å². The van der Waals surface area contributed by atoms with Gasteiger partial charge in [-0.2, -0.15) is 0 Å². The first kappa shape index (κ1) is 13.3. The van der Waals surface area contributed by atoms with E-state index in [9.17, 15) is 9.90 Å². The van der Waals surface area contributed by atoms with E-state index in [4.69, 9.17) is 4.74 Å². The van der Waals surface area contributed by atoms with Crippen LogP contribution >= 0.6 is 15.9 Å². The van der Waals surface area contributed by atoms with E-state index in [1.165, 1.54) is 0 Å². The molecule has 18 heavy (non-hydrogen) atoms. The molecule has 5 nitrogen and oxygen atoms in total. The van der Waals surface area contributed by atoms with Crippen LogP contribution in [0.5, 0.6) is 0 Å². The molecule has 2 rings (SSSR count). The van der Waals surface area contributed by atoms with Crippen molar-refractivity contribution in [1.82, 2.24) is 4.98 Å². The van der Waals surface area contributed by atoms with Gasteiger partial charge in [-0.3, -0.25) is 0 Å². The average molecular weight is 315 g/mol. The van der Waals surface area contributed by atoms with Gasteiger partial charge in [0.15, 0.2) is 0 Å². The summed E-state index contributed by atoms with van der Waals surface area (Å²) >= 11 is 3.25. The molecular weight excluding hydrogens is 300 g/mol. The Morgan fingerprint density at radius 3 is 3.17 bits per heavy atom. The lowest BCUT2D eigenvalue weighted by atomic mass is 10.2. The van der Waals surface area contributed by atoms with Crippen molar-refractivity contribution in [2.75, 3.05) is 24.6 Å². The number of nitrogens with zero attached hydrogens (tertiary/aromatic N) is 2. The van der Waals surface area contributed by atoms with Crippen molar-refractivity contribution >= 4 is 27.7 Å². The fourth-order valence-electron chi connectivity index (χ4n) is 2.00. The van der Waals surface area contributed by atoms with Gasteiger partial charge in [0.1, 0.15) is 11.4 Å². The Morgan fingerprint density at radius 1 is 1.72 bits per heavy atom. The number of aromatic carboxylic acids is 1. The molecular formula is C12H15BrN2O3. The first-order valence-electron chi connectivity index (χ1n) is 5.87. The normalized spacial score (nSPS) is 19.9. The summed E-state index contributed by atoms with van der Waals surface area (Å²) in [5.74, 6) is -0.439. The van der Waals surface area contributed by atoms with E-state index in [1.807, 2.05) is 4.90 Å². The maximum Gasteiger partial charge on any atom is 0.339 e. The van der Waals surface area contributed by atoms with Crippen molar-refractivity contribution < 1.29 is 14.6 Å². The minimum absolute atomic E-state index is 0.144. The zero-order valence-corrected chi connectivity index (χ0v) is 11.7. The maximum atomic E-state index is 11.2. The van der Waals surface area contributed by atoms with Crippen LogP contribution in [0.4, 0.5) is 5.82 Å². The van der Waals surface area contributed by atoms with E-state index >= 15 is 0 Å². The molecule has 0 spiro atoms. The highest BCUT2D eigenvalue weighted by Gasteiger charge is 2.24. The van der Waals surface area contributed by atoms with Crippen LogP contribution in [0.1, 0.15) is 23.7 Å². The summed E-state index contributed by atoms with van der Waals surface area (Å²) in [4.78, 5) is 17.5. The van der Waals surface area contributed by atoms with Crippen molar-refractivity contribution in [2.24, 2.45) is 0 Å². The number of carboxylic acids is 1. The number of ether oxygens (including phenoxy) is 1. The van der Waals surface area contributed by atoms with E-state index in [0.717, 1.165) is 6.42 Å². The number of hydrogen-bond acceptors (Lipinski definition) is 4. The highest BCUT2D eigenvalue weighted by molar-refractivity contribution is 9.10. The molecule has 1 aromatic rings. The van der Waals surface area contributed by atoms with Crippen LogP contribution in [-0.4, -0.2) is 41.9 Å². The van der Waals surface area contributed by atoms with Crippen molar-refractivity contribution in [3.05, 3.63) is 22.3 Å². The van der Waals surface area contributed by atoms with E-state index in [2.05, 4.69) is 27.8 Å². The molecule has 1 saturated heterocycles. The average Bonchev–Trinajstić information content (AvgIpc) is 2.38. The standard InChI is InChI=1S/C12H15BrN2O3/c1-2-9-7-15(3-4-18-9)11-10(12(16)17)5-8(13)6-14-11/h5-6,9H,2-4,7H2,1H3,(H,16,17). The second kappa shape index (κ2) is 5.67. The first-order chi connectivity index (χ1) is 8.61. The van der Waals surface area contributed by atoms with E-state index in [1.54, 1.807) is 12.3 Å². The molecule has 1 aliphatic heterocycles. The Hall–Kier alpha value is -1.14. The molecule has 1 aliphatic rings. The fourth-order valence-corrected chi connectivity index (χ4v) is 2.33. The SMILES string of the molecule is CCC1CN(c2ncc(Br)cc2C(=O)O)CCO1. The van der Waals surface area contributed by atoms with Crippen LogP contribution in [0, 0.1) is 0 Å². The van der Waals surface area contributed by atoms with Crippen LogP contribution in [0.2, 0.25) is 0 Å². The first-order valence-corrected chi connectivity index (χ1v) is 6.66. The third-order valence-corrected chi connectivity index (χ3v) is 3.39. The van der Waals surface area contributed by atoms with Crippen molar-refractivity contribution in [1.29, 1.82) is 0 Å². The Balaban J connectivity index is 2.29. The smallest absolute Gasteiger partial charge is 0.339 e. The molecule has 98 valence electrons. The molecule has 0 bridgehead atoms. The second-order valence-corrected chi connectivity index (χ2v) is 5.09. The number of anilines is 1. The molecule has 1 fully saturated rings. The molecule has 0 amide bonds. The van der Waals surface area contributed by atoms with Crippen molar-refractivity contribution in [3.63, 3.8) is 0 Å². The molecule has 1 unspecified atom stereocenters. The van der Waals surface area contributed by atoms with Gasteiger partial charge in [0, 0.05) is 23.8 Å². The minimum atomic E-state index is -0.960. The lowest BCUT2D eigenvalue weighted by Gasteiger charge is -2.33. The zero-order valence-electron chi connectivity index (χ0n) is 10.1. The van der Waals surface area contributed by atoms with Crippen LogP contribution < -0.4 is 4.90 Å². The second-order valence-electron chi connectivity index (χ2n) is 4.18. The van der Waals surface area contributed by atoms with Crippen molar-refractivity contribution in [3.8, 4) is 0 Å². The molecule has 0 saturated carbocycles. The van der Waals surface area contributed by atoms with Crippen LogP contribution in [-0.2, 0) is 4.74 Å². The number of pyridine rings is 1. The summed E-state index contributed by atoms with van der Waals surface area (Å²) in [5.41, 5.74) is 0.223. The molecule has 0 aliphatic carbocycles. The van der Waals surface area contributed by atoms with Gasteiger partial charge in [0.2, 0.25) is 0 Å². The van der Waals surface area contributed by atoms with Gasteiger partial charge in [-0.15, -0.1) is 0 Å². The Kier molecular flexibility index (Phi) is 4.19. The number of carboxylic acid groups (broad SMARTS) is 1. The Bertz CT molecular complexity index is 453. The Morgan fingerprint density at radius 2 is 2.50 bits per heavy atom. The number of morpholine rings is 1. The van der Waals surface area contributed by atoms with Gasteiger partial charge in [-0.25, -0.2) is 9.78 Å². The van der Waals surface area contributed by atoms with Crippen LogP contribution in [0.15, 0.2) is 16.7 Å². The van der Waals surface area contributed by atoms with E-state index < -0.39 is 5.97 Å². The maximum absolute atomic E-state index is 11.2. The molecule has 0 radical (unpaired) electrons. The number of rotatable bonds is 3. The third-order valence-electron chi connectivity index (χ3n) is 2.96. The lowest BCUT2D eigenvalue weighted by Crippen LogP contribution is -2.43. The van der Waals surface area contributed by atoms with Crippen molar-refractivity contribution in [2.45, 2.75) is 19.4 Å².